The molecule has 4 heteroatoms. The normalized spacial score (nSPS) is 16.5. The summed E-state index contributed by atoms with van der Waals surface area (Å²) in [5, 5.41) is 14.3. The molecule has 98 valence electrons. The molecule has 0 saturated heterocycles. The number of hydrogen-bond donors (Lipinski definition) is 1. The molecule has 1 fully saturated rings. The van der Waals surface area contributed by atoms with Gasteiger partial charge >= 0.3 is 0 Å². The number of benzene rings is 1. The van der Waals surface area contributed by atoms with Crippen molar-refractivity contribution in [2.24, 2.45) is 5.41 Å². The number of nitro benzene ring substituents is 1. The lowest BCUT2D eigenvalue weighted by atomic mass is 10.0. The molecule has 1 N–H and O–H groups in total. The Morgan fingerprint density at radius 3 is 2.72 bits per heavy atom. The highest BCUT2D eigenvalue weighted by Crippen LogP contribution is 2.48. The van der Waals surface area contributed by atoms with Gasteiger partial charge in [0.1, 0.15) is 0 Å². The molecule has 4 nitrogen and oxygen atoms in total. The summed E-state index contributed by atoms with van der Waals surface area (Å²) in [6, 6.07) is 6.95. The number of hydrogen-bond acceptors (Lipinski definition) is 3. The Bertz CT molecular complexity index is 428. The van der Waals surface area contributed by atoms with Crippen LogP contribution in [-0.2, 0) is 6.54 Å². The van der Waals surface area contributed by atoms with Gasteiger partial charge in [-0.05, 0) is 24.7 Å². The van der Waals surface area contributed by atoms with E-state index in [4.69, 9.17) is 0 Å². The molecule has 0 bridgehead atoms. The smallest absolute Gasteiger partial charge is 0.273 e. The van der Waals surface area contributed by atoms with Crippen LogP contribution in [0.1, 0.15) is 38.2 Å². The average molecular weight is 248 g/mol. The van der Waals surface area contributed by atoms with Crippen LogP contribution in [0.2, 0.25) is 0 Å². The zero-order valence-corrected chi connectivity index (χ0v) is 10.8. The van der Waals surface area contributed by atoms with E-state index in [1.165, 1.54) is 25.7 Å². The third kappa shape index (κ3) is 3.07. The maximum atomic E-state index is 10.9. The Labute approximate surface area is 108 Å². The molecule has 1 aromatic rings. The summed E-state index contributed by atoms with van der Waals surface area (Å²) in [6.07, 6.45) is 5.07. The Morgan fingerprint density at radius 1 is 1.39 bits per heavy atom. The molecule has 0 atom stereocenters. The predicted molar refractivity (Wildman–Crippen MR) is 71.4 cm³/mol. The molecule has 2 rings (SSSR count). The lowest BCUT2D eigenvalue weighted by Crippen LogP contribution is -2.23. The van der Waals surface area contributed by atoms with E-state index in [0.29, 0.717) is 12.0 Å². The summed E-state index contributed by atoms with van der Waals surface area (Å²) in [4.78, 5) is 10.6. The minimum atomic E-state index is -0.310. The van der Waals surface area contributed by atoms with Gasteiger partial charge in [-0.2, -0.15) is 0 Å². The van der Waals surface area contributed by atoms with Crippen LogP contribution >= 0.6 is 0 Å². The molecule has 18 heavy (non-hydrogen) atoms. The SMILES string of the molecule is CCCC1(CNCc2ccccc2[N+](=O)[O-])CC1. The van der Waals surface area contributed by atoms with Gasteiger partial charge in [-0.3, -0.25) is 10.1 Å². The predicted octanol–water partition coefficient (Wildman–Crippen LogP) is 3.26. The Kier molecular flexibility index (Phi) is 3.97. The van der Waals surface area contributed by atoms with E-state index in [0.717, 1.165) is 12.1 Å². The van der Waals surface area contributed by atoms with Crippen molar-refractivity contribution in [1.82, 2.24) is 5.32 Å². The topological polar surface area (TPSA) is 55.2 Å². The molecule has 0 heterocycles. The minimum Gasteiger partial charge on any atom is -0.312 e. The second-order valence-corrected chi connectivity index (χ2v) is 5.24. The summed E-state index contributed by atoms with van der Waals surface area (Å²) >= 11 is 0. The largest absolute Gasteiger partial charge is 0.312 e. The Morgan fingerprint density at radius 2 is 2.11 bits per heavy atom. The minimum absolute atomic E-state index is 0.213. The van der Waals surface area contributed by atoms with Gasteiger partial charge in [0.25, 0.3) is 5.69 Å². The van der Waals surface area contributed by atoms with Crippen LogP contribution in [0.5, 0.6) is 0 Å². The Balaban J connectivity index is 1.89. The first-order valence-electron chi connectivity index (χ1n) is 6.60. The van der Waals surface area contributed by atoms with Crippen LogP contribution < -0.4 is 5.32 Å². The van der Waals surface area contributed by atoms with Crippen LogP contribution in [0.15, 0.2) is 24.3 Å². The van der Waals surface area contributed by atoms with Crippen molar-refractivity contribution >= 4 is 5.69 Å². The van der Waals surface area contributed by atoms with Gasteiger partial charge in [-0.15, -0.1) is 0 Å². The molecule has 0 amide bonds. The van der Waals surface area contributed by atoms with Crippen LogP contribution in [0.25, 0.3) is 0 Å². The fraction of sp³-hybridized carbons (Fsp3) is 0.571. The van der Waals surface area contributed by atoms with Crippen molar-refractivity contribution in [1.29, 1.82) is 0 Å². The summed E-state index contributed by atoms with van der Waals surface area (Å²) in [7, 11) is 0. The highest BCUT2D eigenvalue weighted by molar-refractivity contribution is 5.39. The fourth-order valence-electron chi connectivity index (χ4n) is 2.52. The first-order chi connectivity index (χ1) is 8.67. The van der Waals surface area contributed by atoms with Crippen LogP contribution in [0, 0.1) is 15.5 Å². The monoisotopic (exact) mass is 248 g/mol. The van der Waals surface area contributed by atoms with E-state index in [2.05, 4.69) is 12.2 Å². The van der Waals surface area contributed by atoms with Gasteiger partial charge in [0, 0.05) is 24.7 Å². The molecule has 1 aliphatic rings. The van der Waals surface area contributed by atoms with E-state index < -0.39 is 0 Å². The first-order valence-corrected chi connectivity index (χ1v) is 6.60. The van der Waals surface area contributed by atoms with Crippen LogP contribution in [-0.4, -0.2) is 11.5 Å². The van der Waals surface area contributed by atoms with Gasteiger partial charge in [-0.25, -0.2) is 0 Å². The zero-order valence-electron chi connectivity index (χ0n) is 10.8. The maximum Gasteiger partial charge on any atom is 0.273 e. The average Bonchev–Trinajstić information content (AvgIpc) is 3.10. The molecular weight excluding hydrogens is 228 g/mol. The van der Waals surface area contributed by atoms with Gasteiger partial charge in [-0.1, -0.05) is 31.5 Å². The van der Waals surface area contributed by atoms with Crippen LogP contribution in [0.4, 0.5) is 5.69 Å². The summed E-state index contributed by atoms with van der Waals surface area (Å²) in [5.74, 6) is 0. The highest BCUT2D eigenvalue weighted by Gasteiger charge is 2.40. The number of rotatable bonds is 7. The van der Waals surface area contributed by atoms with Crippen LogP contribution in [0.3, 0.4) is 0 Å². The van der Waals surface area contributed by atoms with E-state index in [1.54, 1.807) is 12.1 Å². The molecule has 0 aliphatic heterocycles. The van der Waals surface area contributed by atoms with Gasteiger partial charge in [0.15, 0.2) is 0 Å². The molecular formula is C14H20N2O2. The second kappa shape index (κ2) is 5.48. The summed E-state index contributed by atoms with van der Waals surface area (Å²) < 4.78 is 0. The zero-order chi connectivity index (χ0) is 13.0. The second-order valence-electron chi connectivity index (χ2n) is 5.24. The van der Waals surface area contributed by atoms with Crippen molar-refractivity contribution in [2.75, 3.05) is 6.54 Å². The summed E-state index contributed by atoms with van der Waals surface area (Å²) in [6.45, 7) is 3.78. The van der Waals surface area contributed by atoms with E-state index >= 15 is 0 Å². The molecule has 0 aromatic heterocycles. The first kappa shape index (κ1) is 13.0. The van der Waals surface area contributed by atoms with Crippen molar-refractivity contribution in [3.05, 3.63) is 39.9 Å². The lowest BCUT2D eigenvalue weighted by Gasteiger charge is -2.14. The maximum absolute atomic E-state index is 10.9. The molecule has 1 aromatic carbocycles. The van der Waals surface area contributed by atoms with Crippen molar-refractivity contribution in [3.8, 4) is 0 Å². The molecule has 1 aliphatic carbocycles. The summed E-state index contributed by atoms with van der Waals surface area (Å²) in [5.41, 5.74) is 1.47. The van der Waals surface area contributed by atoms with E-state index in [9.17, 15) is 10.1 Å². The Hall–Kier alpha value is -1.42. The third-order valence-electron chi connectivity index (χ3n) is 3.74. The van der Waals surface area contributed by atoms with Gasteiger partial charge in [0.2, 0.25) is 0 Å². The van der Waals surface area contributed by atoms with Crippen molar-refractivity contribution in [2.45, 2.75) is 39.2 Å². The number of nitro groups is 1. The lowest BCUT2D eigenvalue weighted by molar-refractivity contribution is -0.385. The van der Waals surface area contributed by atoms with E-state index in [1.807, 2.05) is 12.1 Å². The number of nitrogens with one attached hydrogen (secondary N) is 1. The standard InChI is InChI=1S/C14H20N2O2/c1-2-7-14(8-9-14)11-15-10-12-5-3-4-6-13(12)16(17)18/h3-6,15H,2,7-11H2,1H3. The van der Waals surface area contributed by atoms with Gasteiger partial charge < -0.3 is 5.32 Å². The molecule has 0 spiro atoms. The van der Waals surface area contributed by atoms with Crippen molar-refractivity contribution < 1.29 is 4.92 Å². The molecule has 1 saturated carbocycles. The molecule has 0 unspecified atom stereocenters. The van der Waals surface area contributed by atoms with Gasteiger partial charge in [0.05, 0.1) is 4.92 Å². The van der Waals surface area contributed by atoms with Crippen molar-refractivity contribution in [3.63, 3.8) is 0 Å². The molecule has 0 radical (unpaired) electrons. The quantitative estimate of drug-likeness (QED) is 0.595. The number of para-hydroxylation sites is 1. The fourth-order valence-corrected chi connectivity index (χ4v) is 2.52. The number of nitrogens with zero attached hydrogens (tertiary/aromatic N) is 1. The third-order valence-corrected chi connectivity index (χ3v) is 3.74. The highest BCUT2D eigenvalue weighted by atomic mass is 16.6. The van der Waals surface area contributed by atoms with E-state index in [-0.39, 0.29) is 10.6 Å².